The van der Waals surface area contributed by atoms with E-state index in [0.29, 0.717) is 12.1 Å². The molecule has 1 aromatic heterocycles. The van der Waals surface area contributed by atoms with Crippen molar-refractivity contribution < 1.29 is 37.6 Å². The van der Waals surface area contributed by atoms with E-state index in [9.17, 15) is 34.8 Å². The highest BCUT2D eigenvalue weighted by Gasteiger charge is 2.51. The Bertz CT molecular complexity index is 1100. The number of hydrogen-bond donors (Lipinski definition) is 1. The van der Waals surface area contributed by atoms with Crippen LogP contribution in [-0.4, -0.2) is 23.7 Å². The van der Waals surface area contributed by atoms with E-state index >= 15 is 0 Å². The van der Waals surface area contributed by atoms with E-state index in [1.165, 1.54) is 0 Å². The zero-order valence-corrected chi connectivity index (χ0v) is 14.5. The van der Waals surface area contributed by atoms with Crippen molar-refractivity contribution in [3.8, 4) is 11.8 Å². The second-order valence-corrected chi connectivity index (χ2v) is 7.45. The maximum absolute atomic E-state index is 13.0. The average Bonchev–Trinajstić information content (AvgIpc) is 2.92. The molecular formula is C12H4Cl2F6N4O2S. The van der Waals surface area contributed by atoms with Crippen LogP contribution in [0.5, 0.6) is 0 Å². The second-order valence-electron chi connectivity index (χ2n) is 4.76. The maximum Gasteiger partial charge on any atom is 0.502 e. The molecule has 0 aliphatic rings. The molecule has 0 atom stereocenters. The molecule has 0 unspecified atom stereocenters. The van der Waals surface area contributed by atoms with E-state index in [2.05, 4.69) is 5.10 Å². The predicted octanol–water partition coefficient (Wildman–Crippen LogP) is 3.95. The number of sulfone groups is 1. The minimum absolute atomic E-state index is 0.0992. The topological polar surface area (TPSA) is 102 Å². The number of alkyl halides is 6. The molecule has 146 valence electrons. The van der Waals surface area contributed by atoms with Crippen LogP contribution in [0.3, 0.4) is 0 Å². The Morgan fingerprint density at radius 2 is 1.70 bits per heavy atom. The lowest BCUT2D eigenvalue weighted by atomic mass is 10.2. The van der Waals surface area contributed by atoms with E-state index in [1.807, 2.05) is 0 Å². The van der Waals surface area contributed by atoms with Crippen LogP contribution >= 0.6 is 23.2 Å². The second kappa shape index (κ2) is 6.47. The predicted molar refractivity (Wildman–Crippen MR) is 81.0 cm³/mol. The summed E-state index contributed by atoms with van der Waals surface area (Å²) >= 11 is 11.4. The fourth-order valence-corrected chi connectivity index (χ4v) is 3.47. The van der Waals surface area contributed by atoms with Crippen molar-refractivity contribution in [2.24, 2.45) is 0 Å². The molecule has 0 spiro atoms. The Morgan fingerprint density at radius 3 is 2.07 bits per heavy atom. The van der Waals surface area contributed by atoms with Crippen LogP contribution in [0.1, 0.15) is 11.3 Å². The number of nitriles is 1. The van der Waals surface area contributed by atoms with Gasteiger partial charge in [0.25, 0.3) is 9.84 Å². The summed E-state index contributed by atoms with van der Waals surface area (Å²) in [5, 5.41) is 10.5. The molecule has 0 amide bonds. The van der Waals surface area contributed by atoms with Gasteiger partial charge in [-0.1, -0.05) is 23.2 Å². The van der Waals surface area contributed by atoms with Crippen LogP contribution in [0.4, 0.5) is 32.2 Å². The lowest BCUT2D eigenvalue weighted by Crippen LogP contribution is -2.24. The fourth-order valence-electron chi connectivity index (χ4n) is 1.92. The Balaban J connectivity index is 2.96. The third kappa shape index (κ3) is 3.52. The van der Waals surface area contributed by atoms with Crippen molar-refractivity contribution in [1.82, 2.24) is 9.78 Å². The van der Waals surface area contributed by atoms with E-state index in [0.717, 1.165) is 6.07 Å². The lowest BCUT2D eigenvalue weighted by Gasteiger charge is -2.13. The van der Waals surface area contributed by atoms with E-state index in [1.54, 1.807) is 0 Å². The van der Waals surface area contributed by atoms with Gasteiger partial charge in [-0.15, -0.1) is 0 Å². The molecule has 0 bridgehead atoms. The zero-order valence-electron chi connectivity index (χ0n) is 14.2. The smallest absolute Gasteiger partial charge is 0.382 e. The highest BCUT2D eigenvalue weighted by Crippen LogP contribution is 2.41. The van der Waals surface area contributed by atoms with Crippen LogP contribution in [0, 0.1) is 11.3 Å². The number of rotatable bonds is 3. The molecule has 0 saturated heterocycles. The molecule has 1 aromatic carbocycles. The SMILES string of the molecule is [2H]N([2H])c1c(S(=O)(=O)C(F)(F)F)c(C#N)nn1-c1c(Cl)cc(C(F)(F)F)cc1Cl. The molecule has 0 radical (unpaired) electrons. The first-order valence-corrected chi connectivity index (χ1v) is 8.47. The molecule has 0 fully saturated rings. The van der Waals surface area contributed by atoms with Gasteiger partial charge in [-0.2, -0.15) is 36.7 Å². The Kier molecular flexibility index (Phi) is 4.36. The minimum Gasteiger partial charge on any atom is -0.382 e. The molecule has 6 nitrogen and oxygen atoms in total. The van der Waals surface area contributed by atoms with Gasteiger partial charge >= 0.3 is 11.7 Å². The summed E-state index contributed by atoms with van der Waals surface area (Å²) in [4.78, 5) is -1.86. The van der Waals surface area contributed by atoms with Crippen molar-refractivity contribution in [3.63, 3.8) is 0 Å². The highest BCUT2D eigenvalue weighted by atomic mass is 35.5. The van der Waals surface area contributed by atoms with E-state index < -0.39 is 64.9 Å². The number of nitrogens with zero attached hydrogens (tertiary/aromatic N) is 3. The summed E-state index contributed by atoms with van der Waals surface area (Å²) < 4.78 is 116. The minimum atomic E-state index is -6.29. The number of benzene rings is 1. The Hall–Kier alpha value is -2.17. The molecule has 1 heterocycles. The molecule has 27 heavy (non-hydrogen) atoms. The first-order valence-electron chi connectivity index (χ1n) is 7.12. The molecule has 15 heteroatoms. The van der Waals surface area contributed by atoms with Crippen LogP contribution in [-0.2, 0) is 16.0 Å². The van der Waals surface area contributed by atoms with Crippen LogP contribution in [0.2, 0.25) is 12.9 Å². The molecular weight excluding hydrogens is 449 g/mol. The van der Waals surface area contributed by atoms with Gasteiger partial charge in [-0.3, -0.25) is 0 Å². The van der Waals surface area contributed by atoms with Crippen LogP contribution in [0.15, 0.2) is 17.0 Å². The summed E-state index contributed by atoms with van der Waals surface area (Å²) in [6.45, 7) is 0. The van der Waals surface area contributed by atoms with Gasteiger partial charge in [0, 0.05) is 0 Å². The van der Waals surface area contributed by atoms with Crippen molar-refractivity contribution in [3.05, 3.63) is 33.4 Å². The van der Waals surface area contributed by atoms with Crippen molar-refractivity contribution in [2.45, 2.75) is 16.6 Å². The Labute approximate surface area is 159 Å². The Morgan fingerprint density at radius 1 is 1.19 bits per heavy atom. The van der Waals surface area contributed by atoms with Crippen molar-refractivity contribution in [2.75, 3.05) is 5.72 Å². The first kappa shape index (κ1) is 18.2. The number of nitrogen functional groups attached to an aromatic ring is 1. The molecule has 2 rings (SSSR count). The van der Waals surface area contributed by atoms with Gasteiger partial charge in [0.2, 0.25) is 0 Å². The van der Waals surface area contributed by atoms with Crippen LogP contribution in [0.25, 0.3) is 5.69 Å². The quantitative estimate of drug-likeness (QED) is 0.707. The average molecular weight is 455 g/mol. The molecule has 0 aliphatic carbocycles. The third-order valence-electron chi connectivity index (χ3n) is 3.05. The monoisotopic (exact) mass is 454 g/mol. The third-order valence-corrected chi connectivity index (χ3v) is 5.15. The molecule has 0 aliphatic heterocycles. The van der Waals surface area contributed by atoms with Gasteiger partial charge in [0.05, 0.1) is 15.6 Å². The normalized spacial score (nSPS) is 13.7. The van der Waals surface area contributed by atoms with Crippen LogP contribution < -0.4 is 5.72 Å². The van der Waals surface area contributed by atoms with Gasteiger partial charge < -0.3 is 5.72 Å². The standard InChI is InChI=1S/C12H4Cl2F6N4O2S/c13-5-1-4(11(15,16)17)2-6(14)8(5)24-10(22)9(7(3-21)23-24)27(25,26)12(18,19)20/h1-2H,22H2/i/hD2. The number of hydrogen-bond acceptors (Lipinski definition) is 5. The van der Waals surface area contributed by atoms with Crippen molar-refractivity contribution in [1.29, 1.82) is 5.26 Å². The summed E-state index contributed by atoms with van der Waals surface area (Å²) in [5.74, 6) is -1.44. The summed E-state index contributed by atoms with van der Waals surface area (Å²) in [7, 11) is -6.29. The van der Waals surface area contributed by atoms with E-state index in [-0.39, 0.29) is 4.68 Å². The van der Waals surface area contributed by atoms with Gasteiger partial charge in [0.15, 0.2) is 13.4 Å². The number of aromatic nitrogens is 2. The molecule has 0 saturated carbocycles. The summed E-state index contributed by atoms with van der Waals surface area (Å²) in [6, 6.07) is 1.69. The number of nitrogens with two attached hydrogens (primary N) is 1. The van der Waals surface area contributed by atoms with Gasteiger partial charge in [-0.05, 0) is 12.1 Å². The maximum atomic E-state index is 13.0. The highest BCUT2D eigenvalue weighted by molar-refractivity contribution is 7.92. The largest absolute Gasteiger partial charge is 0.502 e. The zero-order chi connectivity index (χ0) is 22.5. The van der Waals surface area contributed by atoms with Gasteiger partial charge in [-0.25, -0.2) is 13.1 Å². The number of halogens is 8. The van der Waals surface area contributed by atoms with Crippen molar-refractivity contribution >= 4 is 38.9 Å². The first-order chi connectivity index (χ1) is 13.0. The molecule has 2 aromatic rings. The van der Waals surface area contributed by atoms with Gasteiger partial charge in [0.1, 0.15) is 17.6 Å². The molecule has 2 N–H and O–H groups in total. The fraction of sp³-hybridized carbons (Fsp3) is 0.167. The number of anilines is 1. The van der Waals surface area contributed by atoms with E-state index in [4.69, 9.17) is 31.3 Å². The summed E-state index contributed by atoms with van der Waals surface area (Å²) in [6.07, 6.45) is -4.90. The summed E-state index contributed by atoms with van der Waals surface area (Å²) in [5.41, 5.74) is -10.1. The lowest BCUT2D eigenvalue weighted by molar-refractivity contribution is -0.137.